The average Bonchev–Trinajstić information content (AvgIpc) is 2.51. The van der Waals surface area contributed by atoms with Crippen molar-refractivity contribution in [3.8, 4) is 0 Å². The fourth-order valence-electron chi connectivity index (χ4n) is 2.69. The first kappa shape index (κ1) is 17.9. The van der Waals surface area contributed by atoms with Crippen LogP contribution in [0.5, 0.6) is 0 Å². The highest BCUT2D eigenvalue weighted by molar-refractivity contribution is 5.12. The second-order valence-electron chi connectivity index (χ2n) is 5.55. The van der Waals surface area contributed by atoms with Crippen LogP contribution in [-0.4, -0.2) is 108 Å². The molecule has 8 N–H and O–H groups in total. The van der Waals surface area contributed by atoms with Gasteiger partial charge in [-0.2, -0.15) is 0 Å². The number of aliphatic hydroxyl groups excluding tert-OH is 7. The molecule has 2 rings (SSSR count). The van der Waals surface area contributed by atoms with Crippen LogP contribution in [0.15, 0.2) is 0 Å². The first-order valence-corrected chi connectivity index (χ1v) is 6.77. The minimum Gasteiger partial charge on any atom is -0.394 e. The third kappa shape index (κ3) is 2.76. The predicted molar refractivity (Wildman–Crippen MR) is 67.0 cm³/mol. The Morgan fingerprint density at radius 3 is 1.95 bits per heavy atom. The second kappa shape index (κ2) is 6.61. The van der Waals surface area contributed by atoms with Gasteiger partial charge in [0.2, 0.25) is 0 Å². The molecule has 0 saturated carbocycles. The van der Waals surface area contributed by atoms with Crippen LogP contribution in [0, 0.1) is 6.61 Å². The summed E-state index contributed by atoms with van der Waals surface area (Å²) in [6.07, 6.45) is -13.0. The van der Waals surface area contributed by atoms with E-state index in [4.69, 9.17) is 19.7 Å². The van der Waals surface area contributed by atoms with E-state index in [2.05, 4.69) is 0 Å². The Labute approximate surface area is 125 Å². The summed E-state index contributed by atoms with van der Waals surface area (Å²) in [5, 5.41) is 77.9. The molecule has 0 spiro atoms. The molecule has 0 aromatic carbocycles. The molecular weight excluding hydrogens is 304 g/mol. The molecular formula is C12H21O10. The summed E-state index contributed by atoms with van der Waals surface area (Å²) in [6.45, 7) is -0.645. The Morgan fingerprint density at radius 2 is 1.41 bits per heavy atom. The summed E-state index contributed by atoms with van der Waals surface area (Å²) >= 11 is 0. The summed E-state index contributed by atoms with van der Waals surface area (Å²) in [4.78, 5) is 0. The third-order valence-electron chi connectivity index (χ3n) is 4.14. The van der Waals surface area contributed by atoms with Crippen molar-refractivity contribution < 1.29 is 50.3 Å². The molecule has 22 heavy (non-hydrogen) atoms. The van der Waals surface area contributed by atoms with Gasteiger partial charge in [-0.25, -0.2) is 0 Å². The van der Waals surface area contributed by atoms with Crippen LogP contribution in [0.3, 0.4) is 0 Å². The third-order valence-corrected chi connectivity index (χ3v) is 4.14. The Morgan fingerprint density at radius 1 is 0.818 bits per heavy atom. The van der Waals surface area contributed by atoms with Gasteiger partial charge in [-0.1, -0.05) is 0 Å². The highest BCUT2D eigenvalue weighted by Crippen LogP contribution is 2.37. The molecule has 9 atom stereocenters. The van der Waals surface area contributed by atoms with Gasteiger partial charge in [0.05, 0.1) is 13.2 Å². The molecule has 1 radical (unpaired) electrons. The predicted octanol–water partition coefficient (Wildman–Crippen LogP) is -5.17. The highest BCUT2D eigenvalue weighted by Gasteiger charge is 2.60. The molecule has 0 bridgehead atoms. The summed E-state index contributed by atoms with van der Waals surface area (Å²) < 4.78 is 10.1. The van der Waals surface area contributed by atoms with Gasteiger partial charge < -0.3 is 50.3 Å². The molecule has 10 heteroatoms. The largest absolute Gasteiger partial charge is 0.394 e. The first-order valence-electron chi connectivity index (χ1n) is 6.77. The van der Waals surface area contributed by atoms with E-state index in [0.29, 0.717) is 6.61 Å². The molecule has 0 aliphatic carbocycles. The smallest absolute Gasteiger partial charge is 0.150 e. The maximum Gasteiger partial charge on any atom is 0.150 e. The molecule has 2 saturated heterocycles. The molecule has 10 nitrogen and oxygen atoms in total. The van der Waals surface area contributed by atoms with Crippen molar-refractivity contribution in [3.05, 3.63) is 6.61 Å². The molecule has 0 aromatic rings. The Hall–Kier alpha value is -0.400. The van der Waals surface area contributed by atoms with Crippen molar-refractivity contribution in [2.24, 2.45) is 0 Å². The number of ether oxygens (including phenoxy) is 2. The molecule has 2 aliphatic heterocycles. The van der Waals surface area contributed by atoms with Gasteiger partial charge in [-0.15, -0.1) is 0 Å². The van der Waals surface area contributed by atoms with E-state index in [9.17, 15) is 30.6 Å². The van der Waals surface area contributed by atoms with Crippen LogP contribution in [-0.2, 0) is 9.47 Å². The van der Waals surface area contributed by atoms with Crippen molar-refractivity contribution in [1.82, 2.24) is 0 Å². The molecule has 129 valence electrons. The summed E-state index contributed by atoms with van der Waals surface area (Å²) in [7, 11) is 0. The van der Waals surface area contributed by atoms with Crippen molar-refractivity contribution in [1.29, 1.82) is 0 Å². The molecule has 0 amide bonds. The Kier molecular flexibility index (Phi) is 5.39. The van der Waals surface area contributed by atoms with Crippen molar-refractivity contribution in [2.75, 3.05) is 13.2 Å². The normalized spacial score (nSPS) is 53.5. The van der Waals surface area contributed by atoms with Crippen LogP contribution in [0.1, 0.15) is 0 Å². The van der Waals surface area contributed by atoms with E-state index < -0.39 is 67.6 Å². The van der Waals surface area contributed by atoms with Crippen molar-refractivity contribution >= 4 is 0 Å². The Balaban J connectivity index is 2.24. The zero-order chi connectivity index (χ0) is 16.7. The van der Waals surface area contributed by atoms with Gasteiger partial charge >= 0.3 is 0 Å². The van der Waals surface area contributed by atoms with E-state index in [1.54, 1.807) is 0 Å². The lowest BCUT2D eigenvalue weighted by Crippen LogP contribution is -2.72. The van der Waals surface area contributed by atoms with Crippen molar-refractivity contribution in [2.45, 2.75) is 54.4 Å². The lowest BCUT2D eigenvalue weighted by atomic mass is 9.78. The maximum absolute atomic E-state index is 10.5. The van der Waals surface area contributed by atoms with E-state index in [1.807, 2.05) is 0 Å². The first-order chi connectivity index (χ1) is 10.3. The standard InChI is InChI=1S/C12H21O10/c13-1-4-7(16)10(19)12(20,3-21-4)11-9(18)8(17)6(15)5(2-14)22-11/h3-11,13-20H,1-2H2/t4-,5-,6-,7-,8+,9-,10+,11?,12+/m1/s1. The second-order valence-corrected chi connectivity index (χ2v) is 5.55. The lowest BCUT2D eigenvalue weighted by molar-refractivity contribution is -0.308. The molecule has 2 heterocycles. The number of hydrogen-bond acceptors (Lipinski definition) is 10. The van der Waals surface area contributed by atoms with E-state index >= 15 is 0 Å². The fourth-order valence-corrected chi connectivity index (χ4v) is 2.69. The zero-order valence-electron chi connectivity index (χ0n) is 11.5. The van der Waals surface area contributed by atoms with Gasteiger partial charge in [-0.3, -0.25) is 0 Å². The van der Waals surface area contributed by atoms with Crippen molar-refractivity contribution in [3.63, 3.8) is 0 Å². The summed E-state index contributed by atoms with van der Waals surface area (Å²) in [5.41, 5.74) is -2.43. The van der Waals surface area contributed by atoms with Gasteiger partial charge in [0.1, 0.15) is 55.4 Å². The number of rotatable bonds is 3. The quantitative estimate of drug-likeness (QED) is 0.250. The SMILES string of the molecule is OC[C@H]1O[CH][C@@](O)(C2O[C@H](CO)[C@@H](O)[C@H](O)[C@H]2O)[C@@H](O)[C@@H]1O. The zero-order valence-corrected chi connectivity index (χ0v) is 11.5. The number of hydrogen-bond donors (Lipinski definition) is 8. The van der Waals surface area contributed by atoms with Gasteiger partial charge in [0.25, 0.3) is 0 Å². The molecule has 0 aromatic heterocycles. The molecule has 2 aliphatic rings. The van der Waals surface area contributed by atoms with E-state index in [1.165, 1.54) is 0 Å². The fraction of sp³-hybridized carbons (Fsp3) is 0.917. The van der Waals surface area contributed by atoms with Crippen LogP contribution < -0.4 is 0 Å². The molecule has 1 unspecified atom stereocenters. The van der Waals surface area contributed by atoms with Crippen LogP contribution in [0.4, 0.5) is 0 Å². The highest BCUT2D eigenvalue weighted by atomic mass is 16.6. The Bertz CT molecular complexity index is 379. The van der Waals surface area contributed by atoms with Gasteiger partial charge in [0.15, 0.2) is 5.60 Å². The monoisotopic (exact) mass is 325 g/mol. The molecule has 2 fully saturated rings. The van der Waals surface area contributed by atoms with Crippen LogP contribution in [0.2, 0.25) is 0 Å². The van der Waals surface area contributed by atoms with Gasteiger partial charge in [0, 0.05) is 0 Å². The van der Waals surface area contributed by atoms with Crippen LogP contribution >= 0.6 is 0 Å². The maximum atomic E-state index is 10.5. The topological polar surface area (TPSA) is 180 Å². The van der Waals surface area contributed by atoms with Crippen LogP contribution in [0.25, 0.3) is 0 Å². The van der Waals surface area contributed by atoms with E-state index in [0.717, 1.165) is 0 Å². The number of aliphatic hydroxyl groups is 8. The summed E-state index contributed by atoms with van der Waals surface area (Å²) in [6, 6.07) is 0. The minimum absolute atomic E-state index is 0.626. The average molecular weight is 325 g/mol. The van der Waals surface area contributed by atoms with E-state index in [-0.39, 0.29) is 0 Å². The minimum atomic E-state index is -2.43. The van der Waals surface area contributed by atoms with Gasteiger partial charge in [-0.05, 0) is 0 Å². The lowest BCUT2D eigenvalue weighted by Gasteiger charge is -2.51. The summed E-state index contributed by atoms with van der Waals surface area (Å²) in [5.74, 6) is 0.